The Bertz CT molecular complexity index is 748. The molecule has 3 rings (SSSR count). The van der Waals surface area contributed by atoms with Crippen molar-refractivity contribution in [2.75, 3.05) is 7.11 Å². The molecule has 0 unspecified atom stereocenters. The fourth-order valence-corrected chi connectivity index (χ4v) is 2.29. The van der Waals surface area contributed by atoms with Crippen LogP contribution >= 0.6 is 0 Å². The van der Waals surface area contributed by atoms with Gasteiger partial charge in [0.2, 0.25) is 5.52 Å². The molecule has 0 aliphatic carbocycles. The maximum atomic E-state index is 11.7. The van der Waals surface area contributed by atoms with Crippen molar-refractivity contribution >= 4 is 16.9 Å². The van der Waals surface area contributed by atoms with Crippen LogP contribution in [0, 0.1) is 0 Å². The van der Waals surface area contributed by atoms with Gasteiger partial charge in [-0.05, 0) is 18.2 Å². The van der Waals surface area contributed by atoms with Crippen LogP contribution < -0.4 is 4.68 Å². The number of para-hydroxylation sites is 2. The fourth-order valence-electron chi connectivity index (χ4n) is 2.29. The van der Waals surface area contributed by atoms with Crippen LogP contribution in [-0.4, -0.2) is 17.8 Å². The van der Waals surface area contributed by atoms with Crippen molar-refractivity contribution in [1.29, 1.82) is 0 Å². The molecular weight excluding hydrogens is 252 g/mol. The largest absolute Gasteiger partial charge is 0.464 e. The fraction of sp³-hybridized carbons (Fsp3) is 0.125. The van der Waals surface area contributed by atoms with Gasteiger partial charge in [0.05, 0.1) is 18.7 Å². The van der Waals surface area contributed by atoms with Crippen molar-refractivity contribution < 1.29 is 14.2 Å². The summed E-state index contributed by atoms with van der Waals surface area (Å²) in [6, 6.07) is 17.9. The van der Waals surface area contributed by atoms with Gasteiger partial charge in [0, 0.05) is 6.07 Å². The molecule has 3 aromatic rings. The Kier molecular flexibility index (Phi) is 3.21. The maximum Gasteiger partial charge on any atom is 0.374 e. The summed E-state index contributed by atoms with van der Waals surface area (Å²) in [4.78, 5) is 11.7. The van der Waals surface area contributed by atoms with Crippen LogP contribution in [0.15, 0.2) is 60.8 Å². The van der Waals surface area contributed by atoms with Crippen LogP contribution in [0.1, 0.15) is 0 Å². The van der Waals surface area contributed by atoms with E-state index in [0.29, 0.717) is 0 Å². The molecule has 0 spiro atoms. The molecule has 0 saturated carbocycles. The summed E-state index contributed by atoms with van der Waals surface area (Å²) >= 11 is 0. The first-order valence-corrected chi connectivity index (χ1v) is 6.42. The first-order valence-electron chi connectivity index (χ1n) is 6.42. The normalized spacial score (nSPS) is 10.7. The van der Waals surface area contributed by atoms with E-state index >= 15 is 0 Å². The Hall–Kier alpha value is -2.62. The van der Waals surface area contributed by atoms with Crippen molar-refractivity contribution in [3.05, 3.63) is 60.8 Å². The van der Waals surface area contributed by atoms with E-state index < -0.39 is 0 Å². The highest BCUT2D eigenvalue weighted by Gasteiger charge is 2.21. The molecule has 1 aromatic heterocycles. The quantitative estimate of drug-likeness (QED) is 0.538. The third kappa shape index (κ3) is 2.16. The van der Waals surface area contributed by atoms with E-state index in [1.165, 1.54) is 7.11 Å². The number of methoxy groups -OCH3 is 1. The number of aromatic nitrogens is 2. The van der Waals surface area contributed by atoms with Gasteiger partial charge in [0.1, 0.15) is 5.69 Å². The Morgan fingerprint density at radius 1 is 1.10 bits per heavy atom. The number of nitrogens with zero attached hydrogens (tertiary/aromatic N) is 2. The van der Waals surface area contributed by atoms with Crippen LogP contribution in [0.2, 0.25) is 0 Å². The molecule has 0 fully saturated rings. The average Bonchev–Trinajstić information content (AvgIpc) is 2.87. The van der Waals surface area contributed by atoms with Gasteiger partial charge in [-0.3, -0.25) is 0 Å². The Labute approximate surface area is 116 Å². The van der Waals surface area contributed by atoms with Gasteiger partial charge in [0.15, 0.2) is 0 Å². The lowest BCUT2D eigenvalue weighted by atomic mass is 10.2. The third-order valence-electron chi connectivity index (χ3n) is 3.26. The number of benzene rings is 2. The second-order valence-electron chi connectivity index (χ2n) is 4.50. The summed E-state index contributed by atoms with van der Waals surface area (Å²) in [5.74, 6) is -0.268. The molecule has 0 saturated heterocycles. The highest BCUT2D eigenvalue weighted by atomic mass is 16.5. The number of hydrogen-bond donors (Lipinski definition) is 0. The number of esters is 1. The van der Waals surface area contributed by atoms with Gasteiger partial charge in [-0.2, -0.15) is 0 Å². The SMILES string of the molecule is COC(=O)C[n+]1c2ccccc2cn1-c1ccccc1. The van der Waals surface area contributed by atoms with Crippen molar-refractivity contribution in [3.63, 3.8) is 0 Å². The molecule has 0 aliphatic rings. The number of carbonyl (C=O) groups is 1. The summed E-state index contributed by atoms with van der Waals surface area (Å²) in [6.45, 7) is 0.179. The summed E-state index contributed by atoms with van der Waals surface area (Å²) in [7, 11) is 1.40. The number of ether oxygens (including phenoxy) is 1. The van der Waals surface area contributed by atoms with E-state index in [1.807, 2.05) is 70.2 Å². The first-order chi connectivity index (χ1) is 9.79. The van der Waals surface area contributed by atoms with E-state index in [2.05, 4.69) is 0 Å². The zero-order valence-corrected chi connectivity index (χ0v) is 11.2. The molecule has 0 amide bonds. The van der Waals surface area contributed by atoms with Crippen LogP contribution in [0.3, 0.4) is 0 Å². The highest BCUT2D eigenvalue weighted by Crippen LogP contribution is 2.13. The lowest BCUT2D eigenvalue weighted by Crippen LogP contribution is -2.45. The van der Waals surface area contributed by atoms with Gasteiger partial charge in [-0.25, -0.2) is 4.79 Å². The molecule has 20 heavy (non-hydrogen) atoms. The number of fused-ring (bicyclic) bond motifs is 1. The minimum atomic E-state index is -0.268. The second kappa shape index (κ2) is 5.17. The monoisotopic (exact) mass is 267 g/mol. The molecule has 0 atom stereocenters. The zero-order valence-electron chi connectivity index (χ0n) is 11.2. The predicted octanol–water partition coefficient (Wildman–Crippen LogP) is 2.09. The van der Waals surface area contributed by atoms with E-state index in [1.54, 1.807) is 0 Å². The number of carbonyl (C=O) groups excluding carboxylic acids is 1. The minimum Gasteiger partial charge on any atom is -0.464 e. The molecule has 0 radical (unpaired) electrons. The summed E-state index contributed by atoms with van der Waals surface area (Å²) in [5.41, 5.74) is 2.01. The van der Waals surface area contributed by atoms with E-state index in [4.69, 9.17) is 4.74 Å². The Morgan fingerprint density at radius 3 is 2.55 bits per heavy atom. The average molecular weight is 267 g/mol. The minimum absolute atomic E-state index is 0.179. The van der Waals surface area contributed by atoms with Crippen LogP contribution in [0.25, 0.3) is 16.6 Å². The first kappa shape index (κ1) is 12.4. The predicted molar refractivity (Wildman–Crippen MR) is 75.5 cm³/mol. The van der Waals surface area contributed by atoms with Crippen molar-refractivity contribution in [3.8, 4) is 5.69 Å². The van der Waals surface area contributed by atoms with Gasteiger partial charge in [-0.15, -0.1) is 4.68 Å². The van der Waals surface area contributed by atoms with E-state index in [9.17, 15) is 4.79 Å². The standard InChI is InChI=1S/C16H15N2O2/c1-20-16(19)12-18-15-10-6-5-7-13(15)11-17(18)14-8-3-2-4-9-14/h2-11H,12H2,1H3/q+1. The summed E-state index contributed by atoms with van der Waals surface area (Å²) < 4.78 is 8.68. The molecule has 100 valence electrons. The topological polar surface area (TPSA) is 35.1 Å². The van der Waals surface area contributed by atoms with Crippen LogP contribution in [-0.2, 0) is 16.1 Å². The molecule has 0 N–H and O–H groups in total. The molecule has 4 heteroatoms. The van der Waals surface area contributed by atoms with Crippen LogP contribution in [0.5, 0.6) is 0 Å². The Morgan fingerprint density at radius 2 is 1.80 bits per heavy atom. The highest BCUT2D eigenvalue weighted by molar-refractivity contribution is 5.76. The molecule has 1 heterocycles. The second-order valence-corrected chi connectivity index (χ2v) is 4.50. The van der Waals surface area contributed by atoms with Crippen molar-refractivity contribution in [2.45, 2.75) is 6.54 Å². The van der Waals surface area contributed by atoms with Crippen LogP contribution in [0.4, 0.5) is 0 Å². The molecular formula is C16H15N2O2+. The lowest BCUT2D eigenvalue weighted by Gasteiger charge is -2.02. The van der Waals surface area contributed by atoms with E-state index in [-0.39, 0.29) is 12.5 Å². The third-order valence-corrected chi connectivity index (χ3v) is 3.26. The number of rotatable bonds is 3. The molecule has 4 nitrogen and oxygen atoms in total. The molecule has 0 aliphatic heterocycles. The number of hydrogen-bond acceptors (Lipinski definition) is 2. The maximum absolute atomic E-state index is 11.7. The lowest BCUT2D eigenvalue weighted by molar-refractivity contribution is -0.733. The smallest absolute Gasteiger partial charge is 0.374 e. The van der Waals surface area contributed by atoms with Crippen molar-refractivity contribution in [2.24, 2.45) is 0 Å². The molecule has 0 bridgehead atoms. The summed E-state index contributed by atoms with van der Waals surface area (Å²) in [6.07, 6.45) is 2.02. The zero-order chi connectivity index (χ0) is 13.9. The van der Waals surface area contributed by atoms with Gasteiger partial charge >= 0.3 is 5.97 Å². The van der Waals surface area contributed by atoms with Gasteiger partial charge in [-0.1, -0.05) is 35.0 Å². The van der Waals surface area contributed by atoms with E-state index in [0.717, 1.165) is 16.6 Å². The molecule has 2 aromatic carbocycles. The summed E-state index contributed by atoms with van der Waals surface area (Å²) in [5, 5.41) is 1.08. The van der Waals surface area contributed by atoms with Crippen molar-refractivity contribution in [1.82, 2.24) is 4.68 Å². The Balaban J connectivity index is 2.20. The van der Waals surface area contributed by atoms with Gasteiger partial charge in [0.25, 0.3) is 6.54 Å². The van der Waals surface area contributed by atoms with Gasteiger partial charge < -0.3 is 4.74 Å².